The number of hydrogen-bond acceptors (Lipinski definition) is 3. The van der Waals surface area contributed by atoms with Gasteiger partial charge in [-0.05, 0) is 49.4 Å². The first-order valence-electron chi connectivity index (χ1n) is 9.25. The maximum atomic E-state index is 6.04. The Bertz CT molecular complexity index is 905. The third kappa shape index (κ3) is 4.94. The fraction of sp³-hybridized carbons (Fsp3) is 0.318. The van der Waals surface area contributed by atoms with Gasteiger partial charge in [-0.15, -0.1) is 5.54 Å². The highest BCUT2D eigenvalue weighted by atomic mass is 35.5. The van der Waals surface area contributed by atoms with E-state index in [9.17, 15) is 0 Å². The Morgan fingerprint density at radius 2 is 1.89 bits per heavy atom. The summed E-state index contributed by atoms with van der Waals surface area (Å²) < 4.78 is 5.94. The van der Waals surface area contributed by atoms with Crippen LogP contribution in [-0.2, 0) is 0 Å². The van der Waals surface area contributed by atoms with Crippen molar-refractivity contribution in [1.29, 1.82) is 0 Å². The molecule has 1 aliphatic heterocycles. The van der Waals surface area contributed by atoms with E-state index in [0.717, 1.165) is 46.5 Å². The molecule has 1 heterocycles. The average Bonchev–Trinajstić information content (AvgIpc) is 3.10. The van der Waals surface area contributed by atoms with Crippen molar-refractivity contribution in [2.24, 2.45) is 4.99 Å². The smallest absolute Gasteiger partial charge is 0.139 e. The standard InChI is InChI=1S/C22H25ClN2OSi/c1-5-26-21-16-17(12-15-27(2,3)4)6-11-20(21)22-24-13-14-25(22)19-9-7-18(23)8-10-19/h6-11,16H,5,13-14H2,1-4H3. The summed E-state index contributed by atoms with van der Waals surface area (Å²) in [5.74, 6) is 5.08. The van der Waals surface area contributed by atoms with Gasteiger partial charge in [0.05, 0.1) is 18.7 Å². The van der Waals surface area contributed by atoms with E-state index >= 15 is 0 Å². The first kappa shape index (κ1) is 19.5. The van der Waals surface area contributed by atoms with Gasteiger partial charge >= 0.3 is 0 Å². The third-order valence-corrected chi connectivity index (χ3v) is 5.21. The molecule has 5 heteroatoms. The van der Waals surface area contributed by atoms with Crippen molar-refractivity contribution in [3.05, 3.63) is 58.6 Å². The summed E-state index contributed by atoms with van der Waals surface area (Å²) in [5.41, 5.74) is 6.49. The molecule has 0 amide bonds. The lowest BCUT2D eigenvalue weighted by atomic mass is 10.1. The Balaban J connectivity index is 1.96. The van der Waals surface area contributed by atoms with Crippen LogP contribution in [0.4, 0.5) is 5.69 Å². The SMILES string of the molecule is CCOc1cc(C#C[Si](C)(C)C)ccc1C1=NCCN1c1ccc(Cl)cc1. The van der Waals surface area contributed by atoms with Gasteiger partial charge in [-0.25, -0.2) is 0 Å². The summed E-state index contributed by atoms with van der Waals surface area (Å²) in [6.07, 6.45) is 0. The van der Waals surface area contributed by atoms with Gasteiger partial charge in [0.2, 0.25) is 0 Å². The van der Waals surface area contributed by atoms with E-state index in [2.05, 4.69) is 48.1 Å². The minimum Gasteiger partial charge on any atom is -0.493 e. The molecule has 0 radical (unpaired) electrons. The first-order chi connectivity index (χ1) is 12.9. The predicted octanol–water partition coefficient (Wildman–Crippen LogP) is 5.23. The molecule has 0 bridgehead atoms. The van der Waals surface area contributed by atoms with Crippen molar-refractivity contribution in [3.8, 4) is 17.2 Å². The zero-order chi connectivity index (χ0) is 19.4. The topological polar surface area (TPSA) is 24.8 Å². The molecule has 0 atom stereocenters. The van der Waals surface area contributed by atoms with E-state index in [1.807, 2.05) is 37.3 Å². The lowest BCUT2D eigenvalue weighted by molar-refractivity contribution is 0.339. The van der Waals surface area contributed by atoms with Crippen molar-refractivity contribution in [2.75, 3.05) is 24.6 Å². The Morgan fingerprint density at radius 1 is 1.15 bits per heavy atom. The van der Waals surface area contributed by atoms with Gasteiger partial charge < -0.3 is 9.64 Å². The van der Waals surface area contributed by atoms with Crippen LogP contribution in [0.25, 0.3) is 0 Å². The van der Waals surface area contributed by atoms with Crippen molar-refractivity contribution in [1.82, 2.24) is 0 Å². The molecule has 27 heavy (non-hydrogen) atoms. The molecule has 0 spiro atoms. The van der Waals surface area contributed by atoms with Crippen LogP contribution in [0.15, 0.2) is 47.5 Å². The molecule has 3 rings (SSSR count). The quantitative estimate of drug-likeness (QED) is 0.521. The second-order valence-electron chi connectivity index (χ2n) is 7.48. The minimum atomic E-state index is -1.42. The Hall–Kier alpha value is -2.22. The Morgan fingerprint density at radius 3 is 2.56 bits per heavy atom. The number of nitrogens with zero attached hydrogens (tertiary/aromatic N) is 2. The molecular formula is C22H25ClN2OSi. The fourth-order valence-electron chi connectivity index (χ4n) is 2.87. The van der Waals surface area contributed by atoms with Crippen LogP contribution in [0, 0.1) is 11.5 Å². The molecule has 0 saturated carbocycles. The molecule has 0 aromatic heterocycles. The summed E-state index contributed by atoms with van der Waals surface area (Å²) in [6, 6.07) is 14.0. The summed E-state index contributed by atoms with van der Waals surface area (Å²) in [4.78, 5) is 6.95. The average molecular weight is 397 g/mol. The van der Waals surface area contributed by atoms with Crippen LogP contribution in [0.3, 0.4) is 0 Å². The molecule has 2 aromatic carbocycles. The molecule has 0 saturated heterocycles. The lowest BCUT2D eigenvalue weighted by Gasteiger charge is -2.22. The largest absolute Gasteiger partial charge is 0.493 e. The zero-order valence-corrected chi connectivity index (χ0v) is 18.1. The van der Waals surface area contributed by atoms with Crippen molar-refractivity contribution >= 4 is 31.2 Å². The second kappa shape index (κ2) is 8.20. The van der Waals surface area contributed by atoms with E-state index in [4.69, 9.17) is 21.3 Å². The highest BCUT2D eigenvalue weighted by Gasteiger charge is 2.23. The number of rotatable bonds is 4. The van der Waals surface area contributed by atoms with Crippen LogP contribution in [0.5, 0.6) is 5.75 Å². The van der Waals surface area contributed by atoms with Crippen LogP contribution in [0.2, 0.25) is 24.7 Å². The minimum absolute atomic E-state index is 0.603. The van der Waals surface area contributed by atoms with Crippen LogP contribution in [-0.4, -0.2) is 33.6 Å². The zero-order valence-electron chi connectivity index (χ0n) is 16.3. The third-order valence-electron chi connectivity index (χ3n) is 4.08. The molecule has 0 aliphatic carbocycles. The summed E-state index contributed by atoms with van der Waals surface area (Å²) in [6.45, 7) is 10.9. The van der Waals surface area contributed by atoms with Crippen LogP contribution in [0.1, 0.15) is 18.1 Å². The normalized spacial score (nSPS) is 13.8. The van der Waals surface area contributed by atoms with E-state index in [-0.39, 0.29) is 0 Å². The maximum absolute atomic E-state index is 6.04. The second-order valence-corrected chi connectivity index (χ2v) is 12.7. The van der Waals surface area contributed by atoms with E-state index in [1.54, 1.807) is 0 Å². The van der Waals surface area contributed by atoms with Gasteiger partial charge in [-0.1, -0.05) is 37.2 Å². The van der Waals surface area contributed by atoms with E-state index < -0.39 is 8.07 Å². The maximum Gasteiger partial charge on any atom is 0.139 e. The van der Waals surface area contributed by atoms with Gasteiger partial charge in [0.25, 0.3) is 0 Å². The van der Waals surface area contributed by atoms with Gasteiger partial charge in [0.15, 0.2) is 0 Å². The first-order valence-corrected chi connectivity index (χ1v) is 13.1. The summed E-state index contributed by atoms with van der Waals surface area (Å²) >= 11 is 6.04. The summed E-state index contributed by atoms with van der Waals surface area (Å²) in [7, 11) is -1.42. The molecule has 140 valence electrons. The van der Waals surface area contributed by atoms with Gasteiger partial charge in [-0.2, -0.15) is 0 Å². The van der Waals surface area contributed by atoms with Crippen molar-refractivity contribution in [3.63, 3.8) is 0 Å². The van der Waals surface area contributed by atoms with Crippen molar-refractivity contribution < 1.29 is 4.74 Å². The predicted molar refractivity (Wildman–Crippen MR) is 118 cm³/mol. The number of benzene rings is 2. The molecule has 1 aliphatic rings. The molecule has 0 unspecified atom stereocenters. The fourth-order valence-corrected chi connectivity index (χ4v) is 3.51. The number of ether oxygens (including phenoxy) is 1. The van der Waals surface area contributed by atoms with Gasteiger partial charge in [0.1, 0.15) is 19.7 Å². The number of amidine groups is 1. The molecule has 2 aromatic rings. The molecule has 0 fully saturated rings. The van der Waals surface area contributed by atoms with Crippen LogP contribution < -0.4 is 9.64 Å². The Labute approximate surface area is 168 Å². The number of hydrogen-bond donors (Lipinski definition) is 0. The van der Waals surface area contributed by atoms with E-state index in [1.165, 1.54) is 0 Å². The van der Waals surface area contributed by atoms with Crippen molar-refractivity contribution in [2.45, 2.75) is 26.6 Å². The lowest BCUT2D eigenvalue weighted by Crippen LogP contribution is -2.28. The molecular weight excluding hydrogens is 372 g/mol. The monoisotopic (exact) mass is 396 g/mol. The van der Waals surface area contributed by atoms with Gasteiger partial charge in [0, 0.05) is 22.8 Å². The van der Waals surface area contributed by atoms with Crippen LogP contribution >= 0.6 is 11.6 Å². The highest BCUT2D eigenvalue weighted by Crippen LogP contribution is 2.28. The highest BCUT2D eigenvalue weighted by molar-refractivity contribution is 6.83. The number of anilines is 1. The Kier molecular flexibility index (Phi) is 5.94. The number of aliphatic imine (C=N–C) groups is 1. The van der Waals surface area contributed by atoms with Gasteiger partial charge in [-0.3, -0.25) is 4.99 Å². The molecule has 3 nitrogen and oxygen atoms in total. The molecule has 0 N–H and O–H groups in total. The number of halogens is 1. The summed E-state index contributed by atoms with van der Waals surface area (Å²) in [5, 5.41) is 0.733. The van der Waals surface area contributed by atoms with E-state index in [0.29, 0.717) is 6.61 Å².